The second-order valence-electron chi connectivity index (χ2n) is 7.66. The van der Waals surface area contributed by atoms with Crippen LogP contribution in [-0.4, -0.2) is 30.2 Å². The van der Waals surface area contributed by atoms with Crippen LogP contribution >= 0.6 is 11.3 Å². The number of carbonyl (C=O) groups is 1. The maximum atomic E-state index is 12.9. The minimum absolute atomic E-state index is 0.133. The van der Waals surface area contributed by atoms with Gasteiger partial charge in [0.25, 0.3) is 5.56 Å². The summed E-state index contributed by atoms with van der Waals surface area (Å²) in [6.45, 7) is 4.24. The second kappa shape index (κ2) is 8.01. The van der Waals surface area contributed by atoms with Gasteiger partial charge < -0.3 is 5.32 Å². The van der Waals surface area contributed by atoms with Crippen LogP contribution in [0.1, 0.15) is 17.5 Å². The summed E-state index contributed by atoms with van der Waals surface area (Å²) >= 11 is 1.43. The molecule has 0 spiro atoms. The predicted octanol–water partition coefficient (Wildman–Crippen LogP) is 3.84. The van der Waals surface area contributed by atoms with Gasteiger partial charge in [0, 0.05) is 13.0 Å². The van der Waals surface area contributed by atoms with Crippen molar-refractivity contribution >= 4 is 43.6 Å². The van der Waals surface area contributed by atoms with E-state index in [1.165, 1.54) is 28.4 Å². The van der Waals surface area contributed by atoms with Crippen LogP contribution in [0.5, 0.6) is 0 Å². The highest BCUT2D eigenvalue weighted by molar-refractivity contribution is 7.22. The first kappa shape index (κ1) is 20.1. The Morgan fingerprint density at radius 1 is 1.09 bits per heavy atom. The average Bonchev–Trinajstić information content (AvgIpc) is 3.37. The van der Waals surface area contributed by atoms with Crippen LogP contribution in [0, 0.1) is 13.8 Å². The van der Waals surface area contributed by atoms with Crippen LogP contribution in [0.25, 0.3) is 26.9 Å². The zero-order valence-electron chi connectivity index (χ0n) is 17.6. The fraction of sp³-hybridized carbons (Fsp3) is 0.174. The quantitative estimate of drug-likeness (QED) is 0.444. The first-order valence-corrected chi connectivity index (χ1v) is 11.0. The summed E-state index contributed by atoms with van der Waals surface area (Å²) in [6.07, 6.45) is 3.11. The lowest BCUT2D eigenvalue weighted by atomic mass is 10.2. The number of aromatic nitrogens is 5. The summed E-state index contributed by atoms with van der Waals surface area (Å²) in [6, 6.07) is 13.8. The number of rotatable bonds is 5. The highest BCUT2D eigenvalue weighted by atomic mass is 32.1. The number of benzene rings is 2. The maximum Gasteiger partial charge on any atom is 0.264 e. The van der Waals surface area contributed by atoms with Gasteiger partial charge in [0.2, 0.25) is 5.91 Å². The molecule has 5 aromatic rings. The molecule has 0 bridgehead atoms. The zero-order valence-corrected chi connectivity index (χ0v) is 18.4. The van der Waals surface area contributed by atoms with Crippen molar-refractivity contribution in [2.24, 2.45) is 0 Å². The lowest BCUT2D eigenvalue weighted by molar-refractivity contribution is -0.116. The number of aryl methyl sites for hydroxylation is 3. The summed E-state index contributed by atoms with van der Waals surface area (Å²) in [5, 5.41) is 8.12. The van der Waals surface area contributed by atoms with Gasteiger partial charge >= 0.3 is 0 Å². The van der Waals surface area contributed by atoms with Crippen LogP contribution < -0.4 is 10.9 Å². The van der Waals surface area contributed by atoms with Gasteiger partial charge in [-0.3, -0.25) is 14.2 Å². The lowest BCUT2D eigenvalue weighted by Crippen LogP contribution is -2.23. The molecule has 1 amide bonds. The SMILES string of the molecule is Cc1ccc(-n2ncc3c(=O)n(CCC(=O)Nc4nc5ccc(C)cc5s4)cnc32)cc1. The maximum absolute atomic E-state index is 12.9. The van der Waals surface area contributed by atoms with E-state index in [1.807, 2.05) is 56.3 Å². The molecule has 0 radical (unpaired) electrons. The molecular weight excluding hydrogens is 424 g/mol. The number of hydrogen-bond donors (Lipinski definition) is 1. The molecule has 32 heavy (non-hydrogen) atoms. The van der Waals surface area contributed by atoms with E-state index in [2.05, 4.69) is 20.4 Å². The summed E-state index contributed by atoms with van der Waals surface area (Å²) in [7, 11) is 0. The van der Waals surface area contributed by atoms with Gasteiger partial charge in [-0.15, -0.1) is 0 Å². The van der Waals surface area contributed by atoms with Gasteiger partial charge in [-0.05, 0) is 43.7 Å². The van der Waals surface area contributed by atoms with Gasteiger partial charge in [0.1, 0.15) is 5.39 Å². The number of amides is 1. The van der Waals surface area contributed by atoms with Gasteiger partial charge in [-0.1, -0.05) is 35.1 Å². The third-order valence-corrected chi connectivity index (χ3v) is 6.14. The molecule has 0 fully saturated rings. The van der Waals surface area contributed by atoms with Crippen molar-refractivity contribution in [2.75, 3.05) is 5.32 Å². The second-order valence-corrected chi connectivity index (χ2v) is 8.69. The Labute approximate surface area is 187 Å². The molecule has 0 saturated heterocycles. The molecule has 2 aromatic carbocycles. The smallest absolute Gasteiger partial charge is 0.264 e. The van der Waals surface area contributed by atoms with E-state index in [9.17, 15) is 9.59 Å². The highest BCUT2D eigenvalue weighted by Gasteiger charge is 2.13. The van der Waals surface area contributed by atoms with Gasteiger partial charge in [-0.25, -0.2) is 14.6 Å². The fourth-order valence-corrected chi connectivity index (χ4v) is 4.45. The molecule has 5 rings (SSSR count). The molecule has 0 aliphatic rings. The van der Waals surface area contributed by atoms with Gasteiger partial charge in [0.05, 0.1) is 28.4 Å². The highest BCUT2D eigenvalue weighted by Crippen LogP contribution is 2.26. The Morgan fingerprint density at radius 3 is 2.69 bits per heavy atom. The Hall–Kier alpha value is -3.85. The molecule has 1 N–H and O–H groups in total. The molecule has 8 nitrogen and oxygen atoms in total. The number of hydrogen-bond acceptors (Lipinski definition) is 6. The van der Waals surface area contributed by atoms with Crippen molar-refractivity contribution in [3.05, 3.63) is 76.5 Å². The van der Waals surface area contributed by atoms with Crippen LogP contribution in [0.15, 0.2) is 59.8 Å². The average molecular weight is 445 g/mol. The Morgan fingerprint density at radius 2 is 1.88 bits per heavy atom. The number of nitrogens with one attached hydrogen (secondary N) is 1. The van der Waals surface area contributed by atoms with Crippen molar-refractivity contribution < 1.29 is 4.79 Å². The zero-order chi connectivity index (χ0) is 22.2. The van der Waals surface area contributed by atoms with Crippen molar-refractivity contribution in [3.63, 3.8) is 0 Å². The Kier molecular flexibility index (Phi) is 5.02. The van der Waals surface area contributed by atoms with Crippen LogP contribution in [0.4, 0.5) is 5.13 Å². The van der Waals surface area contributed by atoms with Crippen LogP contribution in [0.3, 0.4) is 0 Å². The fourth-order valence-electron chi connectivity index (χ4n) is 3.47. The molecule has 0 atom stereocenters. The van der Waals surface area contributed by atoms with Crippen molar-refractivity contribution in [2.45, 2.75) is 26.8 Å². The van der Waals surface area contributed by atoms with E-state index in [-0.39, 0.29) is 24.4 Å². The largest absolute Gasteiger partial charge is 0.302 e. The van der Waals surface area contributed by atoms with Crippen molar-refractivity contribution in [3.8, 4) is 5.69 Å². The van der Waals surface area contributed by atoms with E-state index < -0.39 is 0 Å². The molecule has 0 aliphatic heterocycles. The Bertz CT molecular complexity index is 1510. The summed E-state index contributed by atoms with van der Waals surface area (Å²) in [5.74, 6) is -0.205. The number of nitrogens with zero attached hydrogens (tertiary/aromatic N) is 5. The topological polar surface area (TPSA) is 94.7 Å². The predicted molar refractivity (Wildman–Crippen MR) is 125 cm³/mol. The molecule has 3 heterocycles. The third kappa shape index (κ3) is 3.78. The van der Waals surface area contributed by atoms with E-state index >= 15 is 0 Å². The van der Waals surface area contributed by atoms with Crippen LogP contribution in [0.2, 0.25) is 0 Å². The van der Waals surface area contributed by atoms with Crippen LogP contribution in [-0.2, 0) is 11.3 Å². The molecule has 3 aromatic heterocycles. The van der Waals surface area contributed by atoms with Gasteiger partial charge in [-0.2, -0.15) is 5.10 Å². The van der Waals surface area contributed by atoms with E-state index in [1.54, 1.807) is 4.68 Å². The molecule has 0 unspecified atom stereocenters. The first-order valence-electron chi connectivity index (χ1n) is 10.2. The molecule has 9 heteroatoms. The normalized spacial score (nSPS) is 11.3. The first-order chi connectivity index (χ1) is 15.5. The van der Waals surface area contributed by atoms with Crippen molar-refractivity contribution in [1.82, 2.24) is 24.3 Å². The van der Waals surface area contributed by atoms with Gasteiger partial charge in [0.15, 0.2) is 10.8 Å². The molecule has 0 aliphatic carbocycles. The van der Waals surface area contributed by atoms with E-state index in [0.717, 1.165) is 27.0 Å². The number of anilines is 1. The number of fused-ring (bicyclic) bond motifs is 2. The minimum atomic E-state index is -0.225. The third-order valence-electron chi connectivity index (χ3n) is 5.20. The number of carbonyl (C=O) groups excluding carboxylic acids is 1. The standard InChI is InChI=1S/C23H20N6O2S/c1-14-3-6-16(7-4-14)29-21-17(12-25-29)22(31)28(13-24-21)10-9-20(30)27-23-26-18-8-5-15(2)11-19(18)32-23/h3-8,11-13H,9-10H2,1-2H3,(H,26,27,30). The summed E-state index contributed by atoms with van der Waals surface area (Å²) in [5.41, 5.74) is 4.24. The molecule has 0 saturated carbocycles. The lowest BCUT2D eigenvalue weighted by Gasteiger charge is -2.06. The minimum Gasteiger partial charge on any atom is -0.302 e. The van der Waals surface area contributed by atoms with Crippen molar-refractivity contribution in [1.29, 1.82) is 0 Å². The molecule has 160 valence electrons. The monoisotopic (exact) mass is 444 g/mol. The summed E-state index contributed by atoms with van der Waals surface area (Å²) in [4.78, 5) is 34.2. The number of thiazole rings is 1. The Balaban J connectivity index is 1.31. The van der Waals surface area contributed by atoms with E-state index in [4.69, 9.17) is 0 Å². The van der Waals surface area contributed by atoms with E-state index in [0.29, 0.717) is 16.2 Å². The molecular formula is C23H20N6O2S. The summed E-state index contributed by atoms with van der Waals surface area (Å²) < 4.78 is 4.10.